The largest absolute Gasteiger partial charge is 0.489 e. The smallest absolute Gasteiger partial charge is 0.287 e. The number of ether oxygens (including phenoxy) is 1. The van der Waals surface area contributed by atoms with Crippen molar-refractivity contribution in [2.75, 3.05) is 31.1 Å². The highest BCUT2D eigenvalue weighted by Crippen LogP contribution is 2.18. The lowest BCUT2D eigenvalue weighted by molar-refractivity contribution is -0.385. The third-order valence-corrected chi connectivity index (χ3v) is 5.62. The van der Waals surface area contributed by atoms with Crippen LogP contribution >= 0.6 is 0 Å². The molecule has 1 aliphatic heterocycles. The van der Waals surface area contributed by atoms with E-state index in [1.54, 1.807) is 12.1 Å². The van der Waals surface area contributed by atoms with Crippen LogP contribution in [0.15, 0.2) is 79.0 Å². The molecule has 34 heavy (non-hydrogen) atoms. The van der Waals surface area contributed by atoms with Gasteiger partial charge in [0.15, 0.2) is 0 Å². The van der Waals surface area contributed by atoms with Crippen molar-refractivity contribution < 1.29 is 14.5 Å². The van der Waals surface area contributed by atoms with Gasteiger partial charge in [-0.25, -0.2) is 4.98 Å². The van der Waals surface area contributed by atoms with Gasteiger partial charge in [0, 0.05) is 38.3 Å². The molecule has 0 unspecified atom stereocenters. The molecule has 0 spiro atoms. The second-order valence-electron chi connectivity index (χ2n) is 7.97. The minimum Gasteiger partial charge on any atom is -0.489 e. The summed E-state index contributed by atoms with van der Waals surface area (Å²) in [5.41, 5.74) is 2.00. The minimum atomic E-state index is -0.461. The highest BCUT2D eigenvalue weighted by molar-refractivity contribution is 5.91. The standard InChI is InChI=1S/C26H26N4O4/c31-26(14-9-21-7-11-24(12-8-21)34-20-22-5-2-1-3-6-22)29-16-4-15-28(17-18-29)25-13-10-23(19-27-25)30(32)33/h1-3,5-14,19H,4,15-18,20H2/b14-9+. The Morgan fingerprint density at radius 2 is 1.79 bits per heavy atom. The summed E-state index contributed by atoms with van der Waals surface area (Å²) in [5, 5.41) is 10.8. The van der Waals surface area contributed by atoms with Crippen LogP contribution in [-0.2, 0) is 11.4 Å². The summed E-state index contributed by atoms with van der Waals surface area (Å²) in [6, 6.07) is 20.7. The van der Waals surface area contributed by atoms with Crippen LogP contribution in [-0.4, -0.2) is 46.9 Å². The molecule has 0 N–H and O–H groups in total. The summed E-state index contributed by atoms with van der Waals surface area (Å²) in [7, 11) is 0. The van der Waals surface area contributed by atoms with E-state index in [0.29, 0.717) is 32.1 Å². The van der Waals surface area contributed by atoms with Crippen LogP contribution in [0.25, 0.3) is 6.08 Å². The Kier molecular flexibility index (Phi) is 7.49. The molecular weight excluding hydrogens is 432 g/mol. The first-order valence-corrected chi connectivity index (χ1v) is 11.2. The van der Waals surface area contributed by atoms with Crippen molar-refractivity contribution in [3.63, 3.8) is 0 Å². The predicted molar refractivity (Wildman–Crippen MR) is 131 cm³/mol. The van der Waals surface area contributed by atoms with Crippen LogP contribution in [0.2, 0.25) is 0 Å². The van der Waals surface area contributed by atoms with Crippen molar-refractivity contribution in [2.45, 2.75) is 13.0 Å². The van der Waals surface area contributed by atoms with E-state index in [4.69, 9.17) is 4.74 Å². The Bertz CT molecular complexity index is 1130. The van der Waals surface area contributed by atoms with E-state index >= 15 is 0 Å². The number of hydrogen-bond donors (Lipinski definition) is 0. The van der Waals surface area contributed by atoms with Crippen molar-refractivity contribution in [2.24, 2.45) is 0 Å². The number of benzene rings is 2. The first-order valence-electron chi connectivity index (χ1n) is 11.2. The average Bonchev–Trinajstić information content (AvgIpc) is 3.14. The molecule has 4 rings (SSSR count). The molecule has 0 radical (unpaired) electrons. The maximum absolute atomic E-state index is 12.7. The fourth-order valence-corrected chi connectivity index (χ4v) is 3.73. The number of aromatic nitrogens is 1. The zero-order valence-corrected chi connectivity index (χ0v) is 18.7. The number of pyridine rings is 1. The van der Waals surface area contributed by atoms with Crippen LogP contribution in [0.5, 0.6) is 5.75 Å². The van der Waals surface area contributed by atoms with Gasteiger partial charge < -0.3 is 14.5 Å². The van der Waals surface area contributed by atoms with Crippen LogP contribution in [0.3, 0.4) is 0 Å². The molecule has 0 bridgehead atoms. The highest BCUT2D eigenvalue weighted by atomic mass is 16.6. The van der Waals surface area contributed by atoms with E-state index in [-0.39, 0.29) is 11.6 Å². The van der Waals surface area contributed by atoms with Gasteiger partial charge in [0.2, 0.25) is 5.91 Å². The molecule has 1 saturated heterocycles. The van der Waals surface area contributed by atoms with Crippen molar-refractivity contribution in [3.8, 4) is 5.75 Å². The molecule has 3 aromatic rings. The zero-order chi connectivity index (χ0) is 23.8. The molecular formula is C26H26N4O4. The fourth-order valence-electron chi connectivity index (χ4n) is 3.73. The fraction of sp³-hybridized carbons (Fsp3) is 0.231. The summed E-state index contributed by atoms with van der Waals surface area (Å²) in [4.78, 5) is 31.2. The Labute approximate surface area is 198 Å². The van der Waals surface area contributed by atoms with Crippen molar-refractivity contribution in [1.82, 2.24) is 9.88 Å². The summed E-state index contributed by atoms with van der Waals surface area (Å²) in [6.07, 6.45) is 5.47. The van der Waals surface area contributed by atoms with Gasteiger partial charge >= 0.3 is 0 Å². The molecule has 1 aromatic heterocycles. The Morgan fingerprint density at radius 3 is 2.50 bits per heavy atom. The first-order chi connectivity index (χ1) is 16.6. The number of anilines is 1. The predicted octanol–water partition coefficient (Wildman–Crippen LogP) is 4.32. The molecule has 0 saturated carbocycles. The average molecular weight is 459 g/mol. The molecule has 2 heterocycles. The lowest BCUT2D eigenvalue weighted by Crippen LogP contribution is -2.34. The summed E-state index contributed by atoms with van der Waals surface area (Å²) in [6.45, 7) is 3.09. The molecule has 174 valence electrons. The van der Waals surface area contributed by atoms with Crippen molar-refractivity contribution in [3.05, 3.63) is 100 Å². The first kappa shape index (κ1) is 23.0. The minimum absolute atomic E-state index is 0.0312. The van der Waals surface area contributed by atoms with Crippen LogP contribution in [0.4, 0.5) is 11.5 Å². The molecule has 1 fully saturated rings. The second-order valence-corrected chi connectivity index (χ2v) is 7.97. The second kappa shape index (κ2) is 11.1. The van der Waals surface area contributed by atoms with Gasteiger partial charge in [-0.15, -0.1) is 0 Å². The third kappa shape index (κ3) is 6.19. The monoisotopic (exact) mass is 458 g/mol. The van der Waals surface area contributed by atoms with Gasteiger partial charge in [-0.1, -0.05) is 42.5 Å². The summed E-state index contributed by atoms with van der Waals surface area (Å²) < 4.78 is 5.80. The molecule has 8 nitrogen and oxygen atoms in total. The lowest BCUT2D eigenvalue weighted by Gasteiger charge is -2.22. The Balaban J connectivity index is 1.28. The van der Waals surface area contributed by atoms with Crippen LogP contribution in [0, 0.1) is 10.1 Å². The SMILES string of the molecule is O=C(/C=C/c1ccc(OCc2ccccc2)cc1)N1CCCN(c2ccc([N+](=O)[O-])cn2)CC1. The van der Waals surface area contributed by atoms with Gasteiger partial charge in [-0.05, 0) is 41.8 Å². The van der Waals surface area contributed by atoms with Crippen molar-refractivity contribution >= 4 is 23.5 Å². The van der Waals surface area contributed by atoms with E-state index in [9.17, 15) is 14.9 Å². The summed E-state index contributed by atoms with van der Waals surface area (Å²) >= 11 is 0. The van der Waals surface area contributed by atoms with Gasteiger partial charge in [0.05, 0.1) is 4.92 Å². The maximum atomic E-state index is 12.7. The van der Waals surface area contributed by atoms with Gasteiger partial charge in [0.25, 0.3) is 5.69 Å². The Hall–Kier alpha value is -4.20. The number of hydrogen-bond acceptors (Lipinski definition) is 6. The van der Waals surface area contributed by atoms with E-state index in [2.05, 4.69) is 9.88 Å². The number of amides is 1. The molecule has 0 aliphatic carbocycles. The maximum Gasteiger partial charge on any atom is 0.287 e. The highest BCUT2D eigenvalue weighted by Gasteiger charge is 2.19. The zero-order valence-electron chi connectivity index (χ0n) is 18.7. The molecule has 2 aromatic carbocycles. The molecule has 1 amide bonds. The van der Waals surface area contributed by atoms with E-state index in [1.165, 1.54) is 12.3 Å². The van der Waals surface area contributed by atoms with Gasteiger partial charge in [0.1, 0.15) is 24.4 Å². The number of nitro groups is 1. The number of carbonyl (C=O) groups is 1. The number of carbonyl (C=O) groups excluding carboxylic acids is 1. The lowest BCUT2D eigenvalue weighted by atomic mass is 10.2. The van der Waals surface area contributed by atoms with Crippen LogP contribution < -0.4 is 9.64 Å². The molecule has 8 heteroatoms. The quantitative estimate of drug-likeness (QED) is 0.298. The number of nitrogens with zero attached hydrogens (tertiary/aromatic N) is 4. The van der Waals surface area contributed by atoms with Gasteiger partial charge in [-0.2, -0.15) is 0 Å². The van der Waals surface area contributed by atoms with Crippen LogP contribution in [0.1, 0.15) is 17.5 Å². The normalized spacial score (nSPS) is 14.1. The third-order valence-electron chi connectivity index (χ3n) is 5.62. The molecule has 1 aliphatic rings. The molecule has 0 atom stereocenters. The topological polar surface area (TPSA) is 88.8 Å². The Morgan fingerprint density at radius 1 is 1.00 bits per heavy atom. The van der Waals surface area contributed by atoms with E-state index < -0.39 is 4.92 Å². The summed E-state index contributed by atoms with van der Waals surface area (Å²) in [5.74, 6) is 1.42. The van der Waals surface area contributed by atoms with Gasteiger partial charge in [-0.3, -0.25) is 14.9 Å². The number of rotatable bonds is 7. The van der Waals surface area contributed by atoms with E-state index in [1.807, 2.05) is 65.6 Å². The van der Waals surface area contributed by atoms with Crippen molar-refractivity contribution in [1.29, 1.82) is 0 Å². The van der Waals surface area contributed by atoms with E-state index in [0.717, 1.165) is 29.8 Å².